The number of hydrogen-bond donors (Lipinski definition) is 0. The second kappa shape index (κ2) is 6.53. The number of rotatable bonds is 5. The van der Waals surface area contributed by atoms with Crippen LogP contribution in [0.4, 0.5) is 0 Å². The maximum absolute atomic E-state index is 11.4. The van der Waals surface area contributed by atoms with Gasteiger partial charge in [-0.3, -0.25) is 4.79 Å². The Morgan fingerprint density at radius 3 is 2.50 bits per heavy atom. The molecular formula is C13H24O2S. The molecule has 0 heterocycles. The summed E-state index contributed by atoms with van der Waals surface area (Å²) in [4.78, 5) is 11.4. The highest BCUT2D eigenvalue weighted by atomic mass is 32.2. The molecule has 1 aliphatic rings. The number of thioether (sulfide) groups is 1. The molecule has 0 spiro atoms. The number of carbonyl (C=O) groups excluding carboxylic acids is 1. The van der Waals surface area contributed by atoms with E-state index in [9.17, 15) is 4.79 Å². The normalized spacial score (nSPS) is 17.7. The number of ether oxygens (including phenoxy) is 1. The monoisotopic (exact) mass is 244 g/mol. The van der Waals surface area contributed by atoms with Gasteiger partial charge in [-0.15, -0.1) is 0 Å². The largest absolute Gasteiger partial charge is 0.460 e. The Labute approximate surface area is 104 Å². The van der Waals surface area contributed by atoms with Gasteiger partial charge < -0.3 is 4.74 Å². The van der Waals surface area contributed by atoms with E-state index >= 15 is 0 Å². The topological polar surface area (TPSA) is 26.3 Å². The van der Waals surface area contributed by atoms with Gasteiger partial charge in [-0.25, -0.2) is 0 Å². The summed E-state index contributed by atoms with van der Waals surface area (Å²) in [6.45, 7) is 5.74. The van der Waals surface area contributed by atoms with E-state index in [0.29, 0.717) is 6.42 Å². The molecule has 0 radical (unpaired) electrons. The molecule has 1 rings (SSSR count). The average Bonchev–Trinajstić information content (AvgIpc) is 2.62. The molecule has 0 unspecified atom stereocenters. The summed E-state index contributed by atoms with van der Waals surface area (Å²) in [5.41, 5.74) is -0.340. The Balaban J connectivity index is 2.00. The Morgan fingerprint density at radius 1 is 1.31 bits per heavy atom. The van der Waals surface area contributed by atoms with Crippen LogP contribution in [-0.4, -0.2) is 23.1 Å². The van der Waals surface area contributed by atoms with Gasteiger partial charge in [-0.2, -0.15) is 11.8 Å². The Morgan fingerprint density at radius 2 is 1.94 bits per heavy atom. The highest BCUT2D eigenvalue weighted by Crippen LogP contribution is 2.28. The molecule has 0 atom stereocenters. The van der Waals surface area contributed by atoms with Crippen molar-refractivity contribution in [1.29, 1.82) is 0 Å². The smallest absolute Gasteiger partial charge is 0.307 e. The first-order chi connectivity index (χ1) is 7.47. The second-order valence-corrected chi connectivity index (χ2v) is 6.71. The number of carbonyl (C=O) groups is 1. The zero-order chi connectivity index (χ0) is 12.0. The van der Waals surface area contributed by atoms with Crippen molar-refractivity contribution in [2.45, 2.75) is 58.5 Å². The first-order valence-corrected chi connectivity index (χ1v) is 7.42. The molecule has 3 heteroatoms. The van der Waals surface area contributed by atoms with Gasteiger partial charge in [0, 0.05) is 5.75 Å². The van der Waals surface area contributed by atoms with Crippen molar-refractivity contribution < 1.29 is 9.53 Å². The lowest BCUT2D eigenvalue weighted by Crippen LogP contribution is -2.24. The summed E-state index contributed by atoms with van der Waals surface area (Å²) in [6.07, 6.45) is 6.13. The van der Waals surface area contributed by atoms with E-state index in [1.165, 1.54) is 31.4 Å². The van der Waals surface area contributed by atoms with Crippen molar-refractivity contribution in [3.05, 3.63) is 0 Å². The summed E-state index contributed by atoms with van der Waals surface area (Å²) < 4.78 is 5.26. The highest BCUT2D eigenvalue weighted by Gasteiger charge is 2.17. The van der Waals surface area contributed by atoms with Crippen molar-refractivity contribution in [2.75, 3.05) is 11.5 Å². The molecule has 1 fully saturated rings. The first-order valence-electron chi connectivity index (χ1n) is 6.27. The standard InChI is InChI=1S/C13H24O2S/c1-13(2,3)15-12(14)8-9-16-10-11-6-4-5-7-11/h11H,4-10H2,1-3H3. The lowest BCUT2D eigenvalue weighted by molar-refractivity contribution is -0.154. The van der Waals surface area contributed by atoms with Crippen LogP contribution >= 0.6 is 11.8 Å². The minimum absolute atomic E-state index is 0.0635. The summed E-state index contributed by atoms with van der Waals surface area (Å²) in [6, 6.07) is 0. The molecular weight excluding hydrogens is 220 g/mol. The summed E-state index contributed by atoms with van der Waals surface area (Å²) >= 11 is 1.90. The molecule has 1 saturated carbocycles. The lowest BCUT2D eigenvalue weighted by atomic mass is 10.1. The molecule has 0 saturated heterocycles. The van der Waals surface area contributed by atoms with Crippen LogP contribution in [-0.2, 0) is 9.53 Å². The number of hydrogen-bond acceptors (Lipinski definition) is 3. The fraction of sp³-hybridized carbons (Fsp3) is 0.923. The third-order valence-electron chi connectivity index (χ3n) is 2.70. The summed E-state index contributed by atoms with van der Waals surface area (Å²) in [5.74, 6) is 2.98. The zero-order valence-electron chi connectivity index (χ0n) is 10.8. The molecule has 0 bridgehead atoms. The molecule has 16 heavy (non-hydrogen) atoms. The van der Waals surface area contributed by atoms with Crippen molar-refractivity contribution in [3.63, 3.8) is 0 Å². The highest BCUT2D eigenvalue weighted by molar-refractivity contribution is 7.99. The van der Waals surface area contributed by atoms with E-state index in [-0.39, 0.29) is 11.6 Å². The Kier molecular flexibility index (Phi) is 5.67. The van der Waals surface area contributed by atoms with Gasteiger partial charge in [0.05, 0.1) is 6.42 Å². The summed E-state index contributed by atoms with van der Waals surface area (Å²) in [7, 11) is 0. The average molecular weight is 244 g/mol. The van der Waals surface area contributed by atoms with E-state index in [1.807, 2.05) is 32.5 Å². The van der Waals surface area contributed by atoms with Gasteiger partial charge in [0.1, 0.15) is 5.60 Å². The molecule has 0 N–H and O–H groups in total. The van der Waals surface area contributed by atoms with Crippen LogP contribution in [0.15, 0.2) is 0 Å². The van der Waals surface area contributed by atoms with Gasteiger partial charge in [0.2, 0.25) is 0 Å². The summed E-state index contributed by atoms with van der Waals surface area (Å²) in [5, 5.41) is 0. The quantitative estimate of drug-likeness (QED) is 0.545. The van der Waals surface area contributed by atoms with Crippen LogP contribution in [0.3, 0.4) is 0 Å². The second-order valence-electron chi connectivity index (χ2n) is 5.56. The van der Waals surface area contributed by atoms with Crippen molar-refractivity contribution in [1.82, 2.24) is 0 Å². The maximum Gasteiger partial charge on any atom is 0.307 e. The van der Waals surface area contributed by atoms with E-state index in [4.69, 9.17) is 4.74 Å². The van der Waals surface area contributed by atoms with Crippen molar-refractivity contribution in [2.24, 2.45) is 5.92 Å². The van der Waals surface area contributed by atoms with Crippen LogP contribution in [0.1, 0.15) is 52.9 Å². The van der Waals surface area contributed by atoms with Crippen LogP contribution in [0.25, 0.3) is 0 Å². The molecule has 0 aromatic heterocycles. The Hall–Kier alpha value is -0.180. The molecule has 0 amide bonds. The molecule has 94 valence electrons. The molecule has 1 aliphatic carbocycles. The zero-order valence-corrected chi connectivity index (χ0v) is 11.6. The lowest BCUT2D eigenvalue weighted by Gasteiger charge is -2.19. The van der Waals surface area contributed by atoms with Crippen LogP contribution < -0.4 is 0 Å². The van der Waals surface area contributed by atoms with E-state index in [0.717, 1.165) is 11.7 Å². The van der Waals surface area contributed by atoms with Crippen molar-refractivity contribution >= 4 is 17.7 Å². The van der Waals surface area contributed by atoms with Gasteiger partial charge in [0.25, 0.3) is 0 Å². The van der Waals surface area contributed by atoms with Crippen LogP contribution in [0.2, 0.25) is 0 Å². The van der Waals surface area contributed by atoms with Gasteiger partial charge in [-0.05, 0) is 45.3 Å². The molecule has 0 aromatic carbocycles. The SMILES string of the molecule is CC(C)(C)OC(=O)CCSCC1CCCC1. The predicted octanol–water partition coefficient (Wildman–Crippen LogP) is 3.64. The third kappa shape index (κ3) is 6.41. The Bertz CT molecular complexity index is 214. The third-order valence-corrected chi connectivity index (χ3v) is 3.90. The maximum atomic E-state index is 11.4. The molecule has 2 nitrogen and oxygen atoms in total. The van der Waals surface area contributed by atoms with Gasteiger partial charge in [-0.1, -0.05) is 12.8 Å². The van der Waals surface area contributed by atoms with E-state index in [2.05, 4.69) is 0 Å². The van der Waals surface area contributed by atoms with E-state index < -0.39 is 0 Å². The van der Waals surface area contributed by atoms with Gasteiger partial charge in [0.15, 0.2) is 0 Å². The van der Waals surface area contributed by atoms with Crippen LogP contribution in [0, 0.1) is 5.92 Å². The first kappa shape index (κ1) is 13.9. The minimum Gasteiger partial charge on any atom is -0.460 e. The predicted molar refractivity (Wildman–Crippen MR) is 69.7 cm³/mol. The van der Waals surface area contributed by atoms with E-state index in [1.54, 1.807) is 0 Å². The minimum atomic E-state index is -0.340. The number of esters is 1. The fourth-order valence-electron chi connectivity index (χ4n) is 1.98. The van der Waals surface area contributed by atoms with Gasteiger partial charge >= 0.3 is 5.97 Å². The van der Waals surface area contributed by atoms with Crippen molar-refractivity contribution in [3.8, 4) is 0 Å². The molecule has 0 aromatic rings. The fourth-order valence-corrected chi connectivity index (χ4v) is 3.12. The van der Waals surface area contributed by atoms with Crippen LogP contribution in [0.5, 0.6) is 0 Å². The molecule has 0 aliphatic heterocycles.